The van der Waals surface area contributed by atoms with Gasteiger partial charge in [-0.05, 0) is 35.9 Å². The molecule has 0 unspecified atom stereocenters. The molecule has 2 aromatic carbocycles. The van der Waals surface area contributed by atoms with Crippen molar-refractivity contribution in [2.24, 2.45) is 0 Å². The van der Waals surface area contributed by atoms with Crippen LogP contribution in [0.1, 0.15) is 0 Å². The molecule has 1 heterocycles. The molecule has 0 spiro atoms. The summed E-state index contributed by atoms with van der Waals surface area (Å²) in [6.45, 7) is 0. The number of hydrogen-bond acceptors (Lipinski definition) is 1. The van der Waals surface area contributed by atoms with Crippen LogP contribution in [0.15, 0.2) is 59.5 Å². The predicted octanol–water partition coefficient (Wildman–Crippen LogP) is 4.14. The molecule has 0 aliphatic carbocycles. The maximum atomic E-state index is 11.2. The Morgan fingerprint density at radius 2 is 1.70 bits per heavy atom. The van der Waals surface area contributed by atoms with Crippen LogP contribution in [0.25, 0.3) is 16.8 Å². The maximum absolute atomic E-state index is 11.2. The molecule has 0 radical (unpaired) electrons. The van der Waals surface area contributed by atoms with Gasteiger partial charge in [-0.25, -0.2) is 0 Å². The van der Waals surface area contributed by atoms with E-state index in [0.29, 0.717) is 10.0 Å². The van der Waals surface area contributed by atoms with Crippen molar-refractivity contribution < 1.29 is 0 Å². The van der Waals surface area contributed by atoms with Crippen molar-refractivity contribution in [3.8, 4) is 16.8 Å². The van der Waals surface area contributed by atoms with E-state index in [1.165, 1.54) is 6.07 Å². The first-order chi connectivity index (χ1) is 9.63. The van der Waals surface area contributed by atoms with Crippen LogP contribution in [-0.4, -0.2) is 9.78 Å². The smallest absolute Gasteiger partial charge is 0.264 e. The zero-order chi connectivity index (χ0) is 14.1. The minimum atomic E-state index is -0.145. The summed E-state index contributed by atoms with van der Waals surface area (Å²) in [7, 11) is 0. The summed E-state index contributed by atoms with van der Waals surface area (Å²) in [6.07, 6.45) is 1.68. The van der Waals surface area contributed by atoms with Crippen molar-refractivity contribution in [2.45, 2.75) is 0 Å². The standard InChI is InChI=1S/C15H10Cl2N2O/c16-11-3-1-10(2-4-11)13-9-12(5-6-14(13)17)19-8-7-15(20)18-19/h1-9H,(H,18,20). The first-order valence-electron chi connectivity index (χ1n) is 5.97. The molecule has 0 aliphatic rings. The third-order valence-electron chi connectivity index (χ3n) is 2.99. The third-order valence-corrected chi connectivity index (χ3v) is 3.57. The summed E-state index contributed by atoms with van der Waals surface area (Å²) >= 11 is 12.1. The van der Waals surface area contributed by atoms with Gasteiger partial charge in [0.1, 0.15) is 0 Å². The predicted molar refractivity (Wildman–Crippen MR) is 81.8 cm³/mol. The molecule has 0 saturated heterocycles. The summed E-state index contributed by atoms with van der Waals surface area (Å²) in [6, 6.07) is 14.5. The molecule has 0 fully saturated rings. The fourth-order valence-electron chi connectivity index (χ4n) is 2.00. The van der Waals surface area contributed by atoms with Gasteiger partial charge in [0.25, 0.3) is 5.56 Å². The van der Waals surface area contributed by atoms with Gasteiger partial charge in [0, 0.05) is 27.9 Å². The molecular weight excluding hydrogens is 295 g/mol. The molecule has 0 aliphatic heterocycles. The highest BCUT2D eigenvalue weighted by Crippen LogP contribution is 2.30. The maximum Gasteiger partial charge on any atom is 0.264 e. The fourth-order valence-corrected chi connectivity index (χ4v) is 2.35. The van der Waals surface area contributed by atoms with Gasteiger partial charge in [-0.1, -0.05) is 35.3 Å². The average molecular weight is 305 g/mol. The van der Waals surface area contributed by atoms with Crippen molar-refractivity contribution in [2.75, 3.05) is 0 Å². The summed E-state index contributed by atoms with van der Waals surface area (Å²) in [5.41, 5.74) is 2.54. The van der Waals surface area contributed by atoms with E-state index in [0.717, 1.165) is 16.8 Å². The van der Waals surface area contributed by atoms with Crippen molar-refractivity contribution in [3.05, 3.63) is 75.1 Å². The lowest BCUT2D eigenvalue weighted by atomic mass is 10.1. The second-order valence-electron chi connectivity index (χ2n) is 4.33. The van der Waals surface area contributed by atoms with E-state index in [2.05, 4.69) is 5.10 Å². The van der Waals surface area contributed by atoms with E-state index >= 15 is 0 Å². The van der Waals surface area contributed by atoms with Crippen LogP contribution in [0.5, 0.6) is 0 Å². The van der Waals surface area contributed by atoms with E-state index in [4.69, 9.17) is 23.2 Å². The minimum Gasteiger partial charge on any atom is -0.268 e. The van der Waals surface area contributed by atoms with Gasteiger partial charge in [-0.2, -0.15) is 0 Å². The molecule has 0 atom stereocenters. The van der Waals surface area contributed by atoms with Gasteiger partial charge >= 0.3 is 0 Å². The molecule has 20 heavy (non-hydrogen) atoms. The Bertz CT molecular complexity index is 803. The number of aromatic amines is 1. The summed E-state index contributed by atoms with van der Waals surface area (Å²) in [4.78, 5) is 11.2. The number of nitrogens with zero attached hydrogens (tertiary/aromatic N) is 1. The van der Waals surface area contributed by atoms with Crippen molar-refractivity contribution >= 4 is 23.2 Å². The molecule has 1 N–H and O–H groups in total. The van der Waals surface area contributed by atoms with Crippen LogP contribution in [0.3, 0.4) is 0 Å². The highest BCUT2D eigenvalue weighted by atomic mass is 35.5. The fraction of sp³-hybridized carbons (Fsp3) is 0. The molecular formula is C15H10Cl2N2O. The van der Waals surface area contributed by atoms with E-state index in [1.807, 2.05) is 36.4 Å². The summed E-state index contributed by atoms with van der Waals surface area (Å²) in [5.74, 6) is 0. The lowest BCUT2D eigenvalue weighted by molar-refractivity contribution is 0.864. The summed E-state index contributed by atoms with van der Waals surface area (Å²) < 4.78 is 1.65. The Morgan fingerprint density at radius 1 is 0.950 bits per heavy atom. The van der Waals surface area contributed by atoms with Crippen LogP contribution >= 0.6 is 23.2 Å². The highest BCUT2D eigenvalue weighted by Gasteiger charge is 2.06. The molecule has 5 heteroatoms. The van der Waals surface area contributed by atoms with Crippen LogP contribution in [0, 0.1) is 0 Å². The van der Waals surface area contributed by atoms with Crippen molar-refractivity contribution in [1.29, 1.82) is 0 Å². The molecule has 3 rings (SSSR count). The minimum absolute atomic E-state index is 0.145. The molecule has 0 saturated carbocycles. The van der Waals surface area contributed by atoms with Crippen LogP contribution in [0.2, 0.25) is 10.0 Å². The number of nitrogens with one attached hydrogen (secondary N) is 1. The van der Waals surface area contributed by atoms with Gasteiger partial charge in [0.2, 0.25) is 0 Å². The lowest BCUT2D eigenvalue weighted by Crippen LogP contribution is -2.03. The van der Waals surface area contributed by atoms with E-state index in [1.54, 1.807) is 16.9 Å². The first kappa shape index (κ1) is 13.0. The Kier molecular flexibility index (Phi) is 3.38. The van der Waals surface area contributed by atoms with E-state index in [9.17, 15) is 4.79 Å². The monoisotopic (exact) mass is 304 g/mol. The Hall–Kier alpha value is -1.97. The van der Waals surface area contributed by atoms with E-state index in [-0.39, 0.29) is 5.56 Å². The Labute approximate surface area is 125 Å². The largest absolute Gasteiger partial charge is 0.268 e. The lowest BCUT2D eigenvalue weighted by Gasteiger charge is -2.09. The van der Waals surface area contributed by atoms with E-state index < -0.39 is 0 Å². The number of halogens is 2. The third kappa shape index (κ3) is 2.50. The number of aromatic nitrogens is 2. The second-order valence-corrected chi connectivity index (χ2v) is 5.18. The highest BCUT2D eigenvalue weighted by molar-refractivity contribution is 6.33. The van der Waals surface area contributed by atoms with Gasteiger partial charge in [-0.3, -0.25) is 14.6 Å². The Balaban J connectivity index is 2.11. The topological polar surface area (TPSA) is 37.8 Å². The number of rotatable bonds is 2. The number of hydrogen-bond donors (Lipinski definition) is 1. The quantitative estimate of drug-likeness (QED) is 0.759. The molecule has 1 aromatic heterocycles. The van der Waals surface area contributed by atoms with Gasteiger partial charge < -0.3 is 0 Å². The average Bonchev–Trinajstić information content (AvgIpc) is 2.87. The van der Waals surface area contributed by atoms with Crippen LogP contribution in [0.4, 0.5) is 0 Å². The molecule has 0 amide bonds. The number of benzene rings is 2. The van der Waals surface area contributed by atoms with Gasteiger partial charge in [-0.15, -0.1) is 0 Å². The molecule has 3 nitrogen and oxygen atoms in total. The normalized spacial score (nSPS) is 10.7. The van der Waals surface area contributed by atoms with Crippen molar-refractivity contribution in [3.63, 3.8) is 0 Å². The zero-order valence-corrected chi connectivity index (χ0v) is 11.8. The van der Waals surface area contributed by atoms with Gasteiger partial charge in [0.05, 0.1) is 5.69 Å². The molecule has 0 bridgehead atoms. The number of H-pyrrole nitrogens is 1. The van der Waals surface area contributed by atoms with Gasteiger partial charge in [0.15, 0.2) is 0 Å². The first-order valence-corrected chi connectivity index (χ1v) is 6.72. The molecule has 3 aromatic rings. The zero-order valence-electron chi connectivity index (χ0n) is 10.3. The second kappa shape index (κ2) is 5.19. The Morgan fingerprint density at radius 3 is 2.35 bits per heavy atom. The summed E-state index contributed by atoms with van der Waals surface area (Å²) in [5, 5.41) is 4.02. The molecule has 100 valence electrons. The van der Waals surface area contributed by atoms with Crippen molar-refractivity contribution in [1.82, 2.24) is 9.78 Å². The SMILES string of the molecule is O=c1ccn(-c2ccc(Cl)c(-c3ccc(Cl)cc3)c2)[nH]1. The van der Waals surface area contributed by atoms with Crippen LogP contribution in [-0.2, 0) is 0 Å². The van der Waals surface area contributed by atoms with Crippen LogP contribution < -0.4 is 5.56 Å².